The number of halogens is 2. The molecule has 1 N–H and O–H groups in total. The highest BCUT2D eigenvalue weighted by Crippen LogP contribution is 2.36. The smallest absolute Gasteiger partial charge is 0.119 e. The van der Waals surface area contributed by atoms with E-state index >= 15 is 0 Å². The van der Waals surface area contributed by atoms with Crippen molar-refractivity contribution in [1.29, 1.82) is 0 Å². The fourth-order valence-electron chi connectivity index (χ4n) is 4.69. The van der Waals surface area contributed by atoms with Gasteiger partial charge in [0.1, 0.15) is 11.5 Å². The highest BCUT2D eigenvalue weighted by Gasteiger charge is 2.20. The molecule has 0 amide bonds. The number of aliphatic hydroxyl groups is 1. The third kappa shape index (κ3) is 8.82. The molecule has 0 radical (unpaired) electrons. The average Bonchev–Trinajstić information content (AvgIpc) is 2.96. The monoisotopic (exact) mass is 578 g/mol. The SMILES string of the molecule is COc1cccc(-c2ccc(CCl)cc2C(C)(C)C)c1.COc1cccc(-c2ccc(CO)cc2C(C)(C)C)c1.F. The van der Waals surface area contributed by atoms with E-state index in [-0.39, 0.29) is 22.1 Å². The minimum absolute atomic E-state index is 0. The van der Waals surface area contributed by atoms with Gasteiger partial charge in [0.25, 0.3) is 0 Å². The van der Waals surface area contributed by atoms with Crippen molar-refractivity contribution in [2.45, 2.75) is 64.9 Å². The van der Waals surface area contributed by atoms with E-state index in [4.69, 9.17) is 21.1 Å². The molecule has 0 aliphatic rings. The summed E-state index contributed by atoms with van der Waals surface area (Å²) in [6, 6.07) is 28.9. The molecule has 4 rings (SSSR count). The Bertz CT molecular complexity index is 1310. The van der Waals surface area contributed by atoms with Gasteiger partial charge in [0.15, 0.2) is 0 Å². The second-order valence-corrected chi connectivity index (χ2v) is 12.3. The molecule has 0 saturated carbocycles. The second kappa shape index (κ2) is 14.5. The van der Waals surface area contributed by atoms with Crippen molar-refractivity contribution in [3.8, 4) is 33.8 Å². The lowest BCUT2D eigenvalue weighted by molar-refractivity contribution is 0.281. The summed E-state index contributed by atoms with van der Waals surface area (Å²) < 4.78 is 10.6. The molecule has 0 aliphatic carbocycles. The fourth-order valence-corrected chi connectivity index (χ4v) is 4.86. The maximum absolute atomic E-state index is 9.35. The van der Waals surface area contributed by atoms with Gasteiger partial charge in [-0.3, -0.25) is 4.70 Å². The van der Waals surface area contributed by atoms with E-state index in [1.165, 1.54) is 27.8 Å². The predicted molar refractivity (Wildman–Crippen MR) is 172 cm³/mol. The van der Waals surface area contributed by atoms with Gasteiger partial charge in [0.2, 0.25) is 0 Å². The lowest BCUT2D eigenvalue weighted by Gasteiger charge is -2.24. The molecule has 0 saturated heterocycles. The third-order valence-electron chi connectivity index (χ3n) is 6.88. The Morgan fingerprint density at radius 1 is 0.610 bits per heavy atom. The van der Waals surface area contributed by atoms with Crippen LogP contribution in [0.15, 0.2) is 84.9 Å². The number of hydrogen-bond acceptors (Lipinski definition) is 3. The lowest BCUT2D eigenvalue weighted by atomic mass is 9.81. The second-order valence-electron chi connectivity index (χ2n) is 12.0. The van der Waals surface area contributed by atoms with Crippen molar-refractivity contribution in [2.75, 3.05) is 14.2 Å². The quantitative estimate of drug-likeness (QED) is 0.231. The van der Waals surface area contributed by atoms with Crippen molar-refractivity contribution < 1.29 is 19.3 Å². The van der Waals surface area contributed by atoms with Gasteiger partial charge in [0, 0.05) is 5.88 Å². The lowest BCUT2D eigenvalue weighted by Crippen LogP contribution is -2.13. The highest BCUT2D eigenvalue weighted by atomic mass is 35.5. The standard InChI is InChI=1S/C18H21ClO.C18H22O2.FH/c2*1-18(2,3)17-10-13(12-19)8-9-16(17)14-6-5-7-15(11-14)20-4;/h5-11H,12H2,1-4H3;5-11,19H,12H2,1-4H3;1H. The number of methoxy groups -OCH3 is 2. The van der Waals surface area contributed by atoms with E-state index in [0.29, 0.717) is 5.88 Å². The molecule has 0 aromatic heterocycles. The maximum atomic E-state index is 9.35. The summed E-state index contributed by atoms with van der Waals surface area (Å²) in [5.74, 6) is 2.28. The Labute approximate surface area is 250 Å². The molecule has 0 unspecified atom stereocenters. The Morgan fingerprint density at radius 3 is 1.39 bits per heavy atom. The van der Waals surface area contributed by atoms with Gasteiger partial charge in [-0.15, -0.1) is 11.6 Å². The summed E-state index contributed by atoms with van der Waals surface area (Å²) >= 11 is 5.98. The minimum Gasteiger partial charge on any atom is -0.497 e. The van der Waals surface area contributed by atoms with Crippen LogP contribution in [0.25, 0.3) is 22.3 Å². The molecule has 0 heterocycles. The van der Waals surface area contributed by atoms with E-state index < -0.39 is 0 Å². The van der Waals surface area contributed by atoms with Crippen molar-refractivity contribution >= 4 is 11.6 Å². The van der Waals surface area contributed by atoms with Crippen LogP contribution in [0.5, 0.6) is 11.5 Å². The Kier molecular flexibility index (Phi) is 12.0. The number of ether oxygens (including phenoxy) is 2. The summed E-state index contributed by atoms with van der Waals surface area (Å²) in [6.07, 6.45) is 0. The van der Waals surface area contributed by atoms with Crippen molar-refractivity contribution in [3.63, 3.8) is 0 Å². The highest BCUT2D eigenvalue weighted by molar-refractivity contribution is 6.17. The zero-order valence-electron chi connectivity index (χ0n) is 25.5. The van der Waals surface area contributed by atoms with Crippen LogP contribution in [0.4, 0.5) is 4.70 Å². The first-order valence-electron chi connectivity index (χ1n) is 13.6. The van der Waals surface area contributed by atoms with Crippen LogP contribution in [0.2, 0.25) is 0 Å². The molecule has 220 valence electrons. The van der Waals surface area contributed by atoms with Crippen LogP contribution >= 0.6 is 11.6 Å². The molecule has 0 fully saturated rings. The molecule has 0 bridgehead atoms. The Hall–Kier alpha value is -3.34. The number of rotatable bonds is 6. The van der Waals surface area contributed by atoms with E-state index in [0.717, 1.165) is 28.2 Å². The first-order chi connectivity index (χ1) is 18.9. The number of alkyl halides is 1. The summed E-state index contributed by atoms with van der Waals surface area (Å²) in [4.78, 5) is 0. The largest absolute Gasteiger partial charge is 0.497 e. The zero-order valence-corrected chi connectivity index (χ0v) is 26.3. The number of aliphatic hydroxyl groups excluding tert-OH is 1. The summed E-state index contributed by atoms with van der Waals surface area (Å²) in [5, 5.41) is 9.35. The Balaban J connectivity index is 0.000000280. The van der Waals surface area contributed by atoms with Crippen LogP contribution in [-0.2, 0) is 23.3 Å². The van der Waals surface area contributed by atoms with Gasteiger partial charge in [-0.2, -0.15) is 0 Å². The molecule has 0 spiro atoms. The van der Waals surface area contributed by atoms with Crippen LogP contribution in [-0.4, -0.2) is 19.3 Å². The fraction of sp³-hybridized carbons (Fsp3) is 0.333. The van der Waals surface area contributed by atoms with Gasteiger partial charge in [-0.05, 0) is 79.6 Å². The normalized spacial score (nSPS) is 11.2. The average molecular weight is 579 g/mol. The van der Waals surface area contributed by atoms with Crippen molar-refractivity contribution in [2.24, 2.45) is 0 Å². The van der Waals surface area contributed by atoms with Gasteiger partial charge < -0.3 is 14.6 Å². The molecule has 0 aliphatic heterocycles. The minimum atomic E-state index is 0. The molecule has 4 aromatic carbocycles. The first kappa shape index (κ1) is 33.9. The third-order valence-corrected chi connectivity index (χ3v) is 7.19. The van der Waals surface area contributed by atoms with E-state index in [2.05, 4.69) is 90.1 Å². The number of benzene rings is 4. The van der Waals surface area contributed by atoms with Gasteiger partial charge in [0.05, 0.1) is 20.8 Å². The van der Waals surface area contributed by atoms with Crippen LogP contribution in [0.1, 0.15) is 63.8 Å². The summed E-state index contributed by atoms with van der Waals surface area (Å²) in [7, 11) is 3.37. The van der Waals surface area contributed by atoms with Crippen LogP contribution < -0.4 is 9.47 Å². The zero-order chi connectivity index (χ0) is 29.5. The van der Waals surface area contributed by atoms with E-state index in [1.807, 2.05) is 36.4 Å². The van der Waals surface area contributed by atoms with Gasteiger partial charge >= 0.3 is 0 Å². The molecule has 0 atom stereocenters. The first-order valence-corrected chi connectivity index (χ1v) is 14.2. The molecule has 41 heavy (non-hydrogen) atoms. The molecule has 4 aromatic rings. The topological polar surface area (TPSA) is 38.7 Å². The summed E-state index contributed by atoms with van der Waals surface area (Å²) in [5.41, 5.74) is 9.48. The van der Waals surface area contributed by atoms with Gasteiger partial charge in [-0.1, -0.05) is 102 Å². The van der Waals surface area contributed by atoms with E-state index in [9.17, 15) is 5.11 Å². The summed E-state index contributed by atoms with van der Waals surface area (Å²) in [6.45, 7) is 13.3. The van der Waals surface area contributed by atoms with Crippen molar-refractivity contribution in [3.05, 3.63) is 107 Å². The Morgan fingerprint density at radius 2 is 1.02 bits per heavy atom. The van der Waals surface area contributed by atoms with E-state index in [1.54, 1.807) is 14.2 Å². The molecule has 3 nitrogen and oxygen atoms in total. The molecule has 5 heteroatoms. The van der Waals surface area contributed by atoms with Crippen molar-refractivity contribution in [1.82, 2.24) is 0 Å². The van der Waals surface area contributed by atoms with Crippen LogP contribution in [0.3, 0.4) is 0 Å². The molecular weight excluding hydrogens is 535 g/mol. The predicted octanol–water partition coefficient (Wildman–Crippen LogP) is 9.70. The maximum Gasteiger partial charge on any atom is 0.119 e. The number of hydrogen-bond donors (Lipinski definition) is 1. The molecular formula is C36H44ClFO3. The van der Waals surface area contributed by atoms with Crippen LogP contribution in [0, 0.1) is 0 Å². The van der Waals surface area contributed by atoms with Gasteiger partial charge in [-0.25, -0.2) is 0 Å².